The molecule has 2 aromatic heterocycles. The first-order valence-electron chi connectivity index (χ1n) is 10.5. The normalized spacial score (nSPS) is 11.9. The molecular formula is C24H21F2N5O3S. The molecule has 2 N–H and O–H groups in total. The van der Waals surface area contributed by atoms with Gasteiger partial charge in [-0.1, -0.05) is 26.8 Å². The van der Waals surface area contributed by atoms with Gasteiger partial charge in [0.25, 0.3) is 10.0 Å². The first-order chi connectivity index (χ1) is 16.5. The number of sulfonamides is 1. The van der Waals surface area contributed by atoms with Crippen molar-refractivity contribution in [3.05, 3.63) is 72.7 Å². The van der Waals surface area contributed by atoms with E-state index < -0.39 is 38.3 Å². The van der Waals surface area contributed by atoms with E-state index in [1.165, 1.54) is 42.7 Å². The molecule has 1 amide bonds. The molecule has 0 saturated carbocycles. The van der Waals surface area contributed by atoms with Crippen molar-refractivity contribution in [3.63, 3.8) is 0 Å². The highest BCUT2D eigenvalue weighted by atomic mass is 32.2. The van der Waals surface area contributed by atoms with Gasteiger partial charge in [-0.2, -0.15) is 0 Å². The molecule has 2 aromatic carbocycles. The number of amides is 1. The third-order valence-electron chi connectivity index (χ3n) is 5.06. The van der Waals surface area contributed by atoms with Crippen LogP contribution in [0, 0.1) is 17.0 Å². The Bertz CT molecular complexity index is 1540. The van der Waals surface area contributed by atoms with E-state index in [-0.39, 0.29) is 22.3 Å². The average molecular weight is 498 g/mol. The van der Waals surface area contributed by atoms with Crippen LogP contribution in [-0.2, 0) is 14.8 Å². The zero-order valence-corrected chi connectivity index (χ0v) is 19.8. The lowest BCUT2D eigenvalue weighted by atomic mass is 9.96. The minimum atomic E-state index is -4.14. The highest BCUT2D eigenvalue weighted by molar-refractivity contribution is 7.92. The Morgan fingerprint density at radius 1 is 1.03 bits per heavy atom. The van der Waals surface area contributed by atoms with Gasteiger partial charge in [-0.05, 0) is 42.0 Å². The van der Waals surface area contributed by atoms with Crippen molar-refractivity contribution in [3.8, 4) is 11.1 Å². The van der Waals surface area contributed by atoms with E-state index in [9.17, 15) is 17.6 Å². The lowest BCUT2D eigenvalue weighted by molar-refractivity contribution is -0.123. The quantitative estimate of drug-likeness (QED) is 0.411. The summed E-state index contributed by atoms with van der Waals surface area (Å²) < 4.78 is 57.3. The van der Waals surface area contributed by atoms with Gasteiger partial charge in [0.05, 0.1) is 16.8 Å². The van der Waals surface area contributed by atoms with Crippen molar-refractivity contribution in [1.29, 1.82) is 0 Å². The fourth-order valence-electron chi connectivity index (χ4n) is 3.14. The molecule has 0 atom stereocenters. The summed E-state index contributed by atoms with van der Waals surface area (Å²) in [5.74, 6) is -2.11. The van der Waals surface area contributed by atoms with Crippen LogP contribution in [0.4, 0.5) is 20.4 Å². The summed E-state index contributed by atoms with van der Waals surface area (Å²) in [6.45, 7) is 5.26. The van der Waals surface area contributed by atoms with Crippen molar-refractivity contribution in [2.45, 2.75) is 25.7 Å². The van der Waals surface area contributed by atoms with Crippen molar-refractivity contribution in [2.75, 3.05) is 10.0 Å². The molecule has 2 heterocycles. The van der Waals surface area contributed by atoms with E-state index in [2.05, 4.69) is 25.0 Å². The predicted octanol–water partition coefficient (Wildman–Crippen LogP) is 4.76. The summed E-state index contributed by atoms with van der Waals surface area (Å²) in [6.07, 6.45) is 3.95. The lowest BCUT2D eigenvalue weighted by Crippen LogP contribution is -2.28. The van der Waals surface area contributed by atoms with Gasteiger partial charge in [-0.15, -0.1) is 0 Å². The fourth-order valence-corrected chi connectivity index (χ4v) is 4.17. The maximum atomic E-state index is 15.3. The Kier molecular flexibility index (Phi) is 6.20. The number of nitrogens with zero attached hydrogens (tertiary/aromatic N) is 3. The highest BCUT2D eigenvalue weighted by Crippen LogP contribution is 2.33. The molecule has 0 bridgehead atoms. The fraction of sp³-hybridized carbons (Fsp3) is 0.167. The van der Waals surface area contributed by atoms with Crippen LogP contribution in [0.3, 0.4) is 0 Å². The monoisotopic (exact) mass is 497 g/mol. The van der Waals surface area contributed by atoms with Crippen LogP contribution >= 0.6 is 0 Å². The van der Waals surface area contributed by atoms with Crippen LogP contribution in [0.15, 0.2) is 66.0 Å². The molecule has 0 fully saturated rings. The number of pyridine rings is 1. The molecule has 0 spiro atoms. The number of nitrogens with one attached hydrogen (secondary N) is 2. The van der Waals surface area contributed by atoms with Crippen molar-refractivity contribution < 1.29 is 22.0 Å². The van der Waals surface area contributed by atoms with Crippen LogP contribution in [0.25, 0.3) is 22.0 Å². The van der Waals surface area contributed by atoms with Gasteiger partial charge in [-0.25, -0.2) is 27.2 Å². The Hall–Kier alpha value is -3.99. The lowest BCUT2D eigenvalue weighted by Gasteiger charge is -2.16. The van der Waals surface area contributed by atoms with Gasteiger partial charge < -0.3 is 0 Å². The molecule has 0 radical (unpaired) electrons. The molecule has 0 unspecified atom stereocenters. The number of fused-ring (bicyclic) bond motifs is 1. The highest BCUT2D eigenvalue weighted by Gasteiger charge is 2.23. The van der Waals surface area contributed by atoms with E-state index in [0.29, 0.717) is 10.9 Å². The molecule has 0 aliphatic heterocycles. The second-order valence-electron chi connectivity index (χ2n) is 8.75. The minimum absolute atomic E-state index is 0.106. The number of anilines is 2. The summed E-state index contributed by atoms with van der Waals surface area (Å²) in [6, 6.07) is 9.18. The standard InChI is InChI=1S/C24H21F2N5O3S/c1-24(2,3)22(32)30-23-28-12-15-11-14(6-8-18(15)29-23)20-17(25)7-9-19(21(20)26)31-35(33,34)16-5-4-10-27-13-16/h4-13,31H,1-3H3,(H,28,29,30,32). The molecule has 0 aliphatic rings. The molecule has 4 aromatic rings. The number of halogens is 2. The van der Waals surface area contributed by atoms with E-state index in [1.807, 2.05) is 0 Å². The van der Waals surface area contributed by atoms with Crippen LogP contribution < -0.4 is 10.0 Å². The van der Waals surface area contributed by atoms with E-state index in [1.54, 1.807) is 20.8 Å². The van der Waals surface area contributed by atoms with Crippen LogP contribution in [-0.4, -0.2) is 29.3 Å². The number of hydrogen-bond acceptors (Lipinski definition) is 6. The number of benzene rings is 2. The van der Waals surface area contributed by atoms with Gasteiger partial charge in [0, 0.05) is 29.4 Å². The van der Waals surface area contributed by atoms with Gasteiger partial charge in [0.1, 0.15) is 10.7 Å². The van der Waals surface area contributed by atoms with Crippen molar-refractivity contribution >= 4 is 38.5 Å². The molecular weight excluding hydrogens is 476 g/mol. The summed E-state index contributed by atoms with van der Waals surface area (Å²) in [7, 11) is -4.14. The zero-order chi connectivity index (χ0) is 25.4. The van der Waals surface area contributed by atoms with E-state index in [0.717, 1.165) is 18.3 Å². The minimum Gasteiger partial charge on any atom is -0.294 e. The molecule has 11 heteroatoms. The van der Waals surface area contributed by atoms with Crippen LogP contribution in [0.1, 0.15) is 20.8 Å². The topological polar surface area (TPSA) is 114 Å². The summed E-state index contributed by atoms with van der Waals surface area (Å²) >= 11 is 0. The molecule has 0 saturated heterocycles. The summed E-state index contributed by atoms with van der Waals surface area (Å²) in [4.78, 5) is 24.2. The van der Waals surface area contributed by atoms with Gasteiger partial charge in [-0.3, -0.25) is 19.8 Å². The van der Waals surface area contributed by atoms with Crippen LogP contribution in [0.2, 0.25) is 0 Å². The molecule has 0 aliphatic carbocycles. The molecule has 180 valence electrons. The second-order valence-corrected chi connectivity index (χ2v) is 10.4. The molecule has 35 heavy (non-hydrogen) atoms. The van der Waals surface area contributed by atoms with Gasteiger partial charge in [0.15, 0.2) is 5.82 Å². The SMILES string of the molecule is CC(C)(C)C(=O)Nc1ncc2cc(-c3c(F)ccc(NS(=O)(=O)c4cccnc4)c3F)ccc2n1. The Balaban J connectivity index is 1.69. The van der Waals surface area contributed by atoms with E-state index in [4.69, 9.17) is 0 Å². The first kappa shape index (κ1) is 24.1. The third kappa shape index (κ3) is 5.09. The first-order valence-corrected chi connectivity index (χ1v) is 11.9. The smallest absolute Gasteiger partial charge is 0.263 e. The maximum Gasteiger partial charge on any atom is 0.263 e. The predicted molar refractivity (Wildman–Crippen MR) is 128 cm³/mol. The Morgan fingerprint density at radius 3 is 2.49 bits per heavy atom. The van der Waals surface area contributed by atoms with Gasteiger partial charge in [0.2, 0.25) is 11.9 Å². The second kappa shape index (κ2) is 8.99. The maximum absolute atomic E-state index is 15.3. The molecule has 8 nitrogen and oxygen atoms in total. The number of carbonyl (C=O) groups is 1. The summed E-state index contributed by atoms with van der Waals surface area (Å²) in [5, 5.41) is 3.10. The number of rotatable bonds is 5. The van der Waals surface area contributed by atoms with Crippen LogP contribution in [0.5, 0.6) is 0 Å². The third-order valence-corrected chi connectivity index (χ3v) is 6.41. The van der Waals surface area contributed by atoms with Gasteiger partial charge >= 0.3 is 0 Å². The Morgan fingerprint density at radius 2 is 1.80 bits per heavy atom. The average Bonchev–Trinajstić information content (AvgIpc) is 2.81. The summed E-state index contributed by atoms with van der Waals surface area (Å²) in [5.41, 5.74) is -0.863. The number of aromatic nitrogens is 3. The van der Waals surface area contributed by atoms with Crippen molar-refractivity contribution in [2.24, 2.45) is 5.41 Å². The molecule has 4 rings (SSSR count). The van der Waals surface area contributed by atoms with Crippen molar-refractivity contribution in [1.82, 2.24) is 15.0 Å². The van der Waals surface area contributed by atoms with E-state index >= 15 is 4.39 Å². The largest absolute Gasteiger partial charge is 0.294 e. The number of hydrogen-bond donors (Lipinski definition) is 2. The Labute approximate surface area is 200 Å². The number of carbonyl (C=O) groups excluding carboxylic acids is 1. The zero-order valence-electron chi connectivity index (χ0n) is 19.0.